The van der Waals surface area contributed by atoms with Crippen molar-refractivity contribution in [2.75, 3.05) is 20.1 Å². The maximum atomic E-state index is 10.7. The van der Waals surface area contributed by atoms with Gasteiger partial charge in [0.15, 0.2) is 0 Å². The van der Waals surface area contributed by atoms with E-state index < -0.39 is 5.60 Å². The lowest BCUT2D eigenvalue weighted by atomic mass is 10.1. The first-order valence-electron chi connectivity index (χ1n) is 4.09. The lowest BCUT2D eigenvalue weighted by Gasteiger charge is -2.16. The minimum Gasteiger partial charge on any atom is -0.390 e. The number of likely N-dealkylation sites (N-methyl/N-ethyl adjacent to an activating group) is 1. The summed E-state index contributed by atoms with van der Waals surface area (Å²) in [5.74, 6) is -0.0363. The SMILES string of the molecule is CNC(=O)CNCCC(C)(C)O. The Bertz CT molecular complexity index is 140. The van der Waals surface area contributed by atoms with Crippen molar-refractivity contribution < 1.29 is 9.90 Å². The Morgan fingerprint density at radius 1 is 1.50 bits per heavy atom. The standard InChI is InChI=1S/C8H18N2O2/c1-8(2,12)4-5-10-6-7(11)9-3/h10,12H,4-6H2,1-3H3,(H,9,11). The molecule has 0 fully saturated rings. The van der Waals surface area contributed by atoms with E-state index in [4.69, 9.17) is 0 Å². The largest absolute Gasteiger partial charge is 0.390 e. The summed E-state index contributed by atoms with van der Waals surface area (Å²) in [4.78, 5) is 10.7. The predicted molar refractivity (Wildman–Crippen MR) is 47.9 cm³/mol. The summed E-state index contributed by atoms with van der Waals surface area (Å²) in [6.45, 7) is 4.45. The van der Waals surface area contributed by atoms with E-state index in [2.05, 4.69) is 10.6 Å². The van der Waals surface area contributed by atoms with E-state index >= 15 is 0 Å². The summed E-state index contributed by atoms with van der Waals surface area (Å²) < 4.78 is 0. The van der Waals surface area contributed by atoms with Gasteiger partial charge in [0.05, 0.1) is 12.1 Å². The van der Waals surface area contributed by atoms with Gasteiger partial charge in [-0.1, -0.05) is 0 Å². The molecule has 0 aliphatic heterocycles. The van der Waals surface area contributed by atoms with E-state index in [1.165, 1.54) is 0 Å². The molecule has 0 atom stereocenters. The van der Waals surface area contributed by atoms with Gasteiger partial charge in [0, 0.05) is 7.05 Å². The number of carbonyl (C=O) groups is 1. The van der Waals surface area contributed by atoms with Crippen molar-refractivity contribution in [1.82, 2.24) is 10.6 Å². The molecule has 0 aromatic rings. The van der Waals surface area contributed by atoms with E-state index in [0.29, 0.717) is 19.5 Å². The zero-order valence-corrected chi connectivity index (χ0v) is 7.98. The zero-order valence-electron chi connectivity index (χ0n) is 7.98. The molecule has 4 nitrogen and oxygen atoms in total. The molecule has 0 aromatic heterocycles. The minimum absolute atomic E-state index is 0.0363. The lowest BCUT2D eigenvalue weighted by Crippen LogP contribution is -2.34. The fraction of sp³-hybridized carbons (Fsp3) is 0.875. The first-order valence-corrected chi connectivity index (χ1v) is 4.09. The van der Waals surface area contributed by atoms with Crippen LogP contribution in [0.2, 0.25) is 0 Å². The summed E-state index contributed by atoms with van der Waals surface area (Å²) in [7, 11) is 1.60. The smallest absolute Gasteiger partial charge is 0.233 e. The normalized spacial score (nSPS) is 11.3. The molecular formula is C8H18N2O2. The second-order valence-corrected chi connectivity index (χ2v) is 3.41. The fourth-order valence-electron chi connectivity index (χ4n) is 0.685. The van der Waals surface area contributed by atoms with Crippen LogP contribution in [0.1, 0.15) is 20.3 Å². The van der Waals surface area contributed by atoms with Crippen molar-refractivity contribution in [2.45, 2.75) is 25.9 Å². The van der Waals surface area contributed by atoms with Crippen LogP contribution in [0.25, 0.3) is 0 Å². The van der Waals surface area contributed by atoms with Crippen molar-refractivity contribution in [3.63, 3.8) is 0 Å². The molecule has 0 heterocycles. The maximum Gasteiger partial charge on any atom is 0.233 e. The second kappa shape index (κ2) is 5.11. The molecule has 12 heavy (non-hydrogen) atoms. The average molecular weight is 174 g/mol. The van der Waals surface area contributed by atoms with Gasteiger partial charge in [-0.05, 0) is 26.8 Å². The molecule has 0 spiro atoms. The van der Waals surface area contributed by atoms with E-state index in [0.717, 1.165) is 0 Å². The molecular weight excluding hydrogens is 156 g/mol. The summed E-state index contributed by atoms with van der Waals surface area (Å²) in [6, 6.07) is 0. The molecule has 0 aliphatic rings. The molecule has 0 aliphatic carbocycles. The summed E-state index contributed by atoms with van der Waals surface area (Å²) in [5.41, 5.74) is -0.657. The van der Waals surface area contributed by atoms with Gasteiger partial charge in [0.2, 0.25) is 5.91 Å². The lowest BCUT2D eigenvalue weighted by molar-refractivity contribution is -0.119. The van der Waals surface area contributed by atoms with Gasteiger partial charge in [0.25, 0.3) is 0 Å². The van der Waals surface area contributed by atoms with Gasteiger partial charge in [-0.15, -0.1) is 0 Å². The molecule has 3 N–H and O–H groups in total. The van der Waals surface area contributed by atoms with Crippen LogP contribution in [0.15, 0.2) is 0 Å². The summed E-state index contributed by atoms with van der Waals surface area (Å²) in [6.07, 6.45) is 0.643. The highest BCUT2D eigenvalue weighted by atomic mass is 16.3. The Morgan fingerprint density at radius 2 is 2.08 bits per heavy atom. The molecule has 0 saturated heterocycles. The number of aliphatic hydroxyl groups is 1. The van der Waals surface area contributed by atoms with E-state index in [1.807, 2.05) is 0 Å². The Labute approximate surface area is 73.3 Å². The van der Waals surface area contributed by atoms with E-state index in [-0.39, 0.29) is 5.91 Å². The maximum absolute atomic E-state index is 10.7. The topological polar surface area (TPSA) is 61.4 Å². The van der Waals surface area contributed by atoms with Crippen LogP contribution in [0.4, 0.5) is 0 Å². The quantitative estimate of drug-likeness (QED) is 0.492. The Hall–Kier alpha value is -0.610. The number of nitrogens with one attached hydrogen (secondary N) is 2. The Morgan fingerprint density at radius 3 is 2.50 bits per heavy atom. The predicted octanol–water partition coefficient (Wildman–Crippen LogP) is -0.517. The van der Waals surface area contributed by atoms with Gasteiger partial charge in [-0.2, -0.15) is 0 Å². The van der Waals surface area contributed by atoms with Crippen LogP contribution in [0, 0.1) is 0 Å². The van der Waals surface area contributed by atoms with Crippen LogP contribution in [0.5, 0.6) is 0 Å². The molecule has 0 radical (unpaired) electrons. The van der Waals surface area contributed by atoms with Crippen molar-refractivity contribution >= 4 is 5.91 Å². The summed E-state index contributed by atoms with van der Waals surface area (Å²) in [5, 5.41) is 14.7. The van der Waals surface area contributed by atoms with Crippen molar-refractivity contribution in [3.8, 4) is 0 Å². The average Bonchev–Trinajstić information content (AvgIpc) is 1.96. The van der Waals surface area contributed by atoms with Gasteiger partial charge >= 0.3 is 0 Å². The van der Waals surface area contributed by atoms with Crippen LogP contribution in [0.3, 0.4) is 0 Å². The number of rotatable bonds is 5. The summed E-state index contributed by atoms with van der Waals surface area (Å²) >= 11 is 0. The number of hydrogen-bond acceptors (Lipinski definition) is 3. The highest BCUT2D eigenvalue weighted by Crippen LogP contribution is 2.04. The molecule has 0 rings (SSSR count). The van der Waals surface area contributed by atoms with Gasteiger partial charge in [-0.25, -0.2) is 0 Å². The molecule has 4 heteroatoms. The number of amides is 1. The Balaban J connectivity index is 3.28. The van der Waals surface area contributed by atoms with E-state index in [1.54, 1.807) is 20.9 Å². The molecule has 0 saturated carbocycles. The van der Waals surface area contributed by atoms with Crippen LogP contribution < -0.4 is 10.6 Å². The highest BCUT2D eigenvalue weighted by Gasteiger charge is 2.11. The fourth-order valence-corrected chi connectivity index (χ4v) is 0.685. The van der Waals surface area contributed by atoms with Crippen molar-refractivity contribution in [1.29, 1.82) is 0 Å². The first kappa shape index (κ1) is 11.4. The van der Waals surface area contributed by atoms with E-state index in [9.17, 15) is 9.90 Å². The minimum atomic E-state index is -0.657. The molecule has 0 bridgehead atoms. The monoisotopic (exact) mass is 174 g/mol. The number of carbonyl (C=O) groups excluding carboxylic acids is 1. The third kappa shape index (κ3) is 7.50. The van der Waals surface area contributed by atoms with Gasteiger partial charge in [-0.3, -0.25) is 4.79 Å². The van der Waals surface area contributed by atoms with Crippen molar-refractivity contribution in [3.05, 3.63) is 0 Å². The third-order valence-electron chi connectivity index (χ3n) is 1.48. The molecule has 0 aromatic carbocycles. The van der Waals surface area contributed by atoms with Gasteiger partial charge < -0.3 is 15.7 Å². The first-order chi connectivity index (χ1) is 5.45. The highest BCUT2D eigenvalue weighted by molar-refractivity contribution is 5.77. The number of hydrogen-bond donors (Lipinski definition) is 3. The zero-order chi connectivity index (χ0) is 9.61. The molecule has 1 amide bonds. The van der Waals surface area contributed by atoms with Gasteiger partial charge in [0.1, 0.15) is 0 Å². The third-order valence-corrected chi connectivity index (χ3v) is 1.48. The van der Waals surface area contributed by atoms with Crippen LogP contribution in [-0.2, 0) is 4.79 Å². The van der Waals surface area contributed by atoms with Crippen molar-refractivity contribution in [2.24, 2.45) is 0 Å². The van der Waals surface area contributed by atoms with Crippen LogP contribution in [-0.4, -0.2) is 36.8 Å². The van der Waals surface area contributed by atoms with Crippen LogP contribution >= 0.6 is 0 Å². The molecule has 72 valence electrons. The molecule has 0 unspecified atom stereocenters. The second-order valence-electron chi connectivity index (χ2n) is 3.41. The Kier molecular flexibility index (Phi) is 4.85.